The average molecular weight is 252 g/mol. The number of aromatic nitrogens is 3. The van der Waals surface area contributed by atoms with Gasteiger partial charge in [0.2, 0.25) is 0 Å². The first kappa shape index (κ1) is 11.7. The molecule has 1 aromatic carbocycles. The highest BCUT2D eigenvalue weighted by atomic mass is 15.1. The van der Waals surface area contributed by atoms with Crippen molar-refractivity contribution < 1.29 is 0 Å². The smallest absolute Gasteiger partial charge is 0.0948 e. The molecule has 2 heterocycles. The summed E-state index contributed by atoms with van der Waals surface area (Å²) >= 11 is 0. The summed E-state index contributed by atoms with van der Waals surface area (Å²) in [5, 5.41) is 5.82. The molecule has 0 saturated heterocycles. The van der Waals surface area contributed by atoms with Crippen LogP contribution in [0.5, 0.6) is 0 Å². The van der Waals surface area contributed by atoms with Crippen molar-refractivity contribution in [1.82, 2.24) is 14.5 Å². The number of anilines is 1. The van der Waals surface area contributed by atoms with Gasteiger partial charge >= 0.3 is 0 Å². The third-order valence-corrected chi connectivity index (χ3v) is 3.28. The lowest BCUT2D eigenvalue weighted by atomic mass is 10.1. The molecule has 4 heteroatoms. The zero-order chi connectivity index (χ0) is 13.1. The Hall–Kier alpha value is -2.36. The second kappa shape index (κ2) is 5.10. The molecule has 0 aliphatic heterocycles. The summed E-state index contributed by atoms with van der Waals surface area (Å²) < 4.78 is 2.14. The molecule has 2 aromatic heterocycles. The number of nitrogens with zero attached hydrogens (tertiary/aromatic N) is 3. The molecule has 1 N–H and O–H groups in total. The first-order chi connectivity index (χ1) is 9.38. The Morgan fingerprint density at radius 2 is 2.11 bits per heavy atom. The van der Waals surface area contributed by atoms with E-state index in [-0.39, 0.29) is 0 Å². The van der Waals surface area contributed by atoms with Crippen LogP contribution in [0.3, 0.4) is 0 Å². The summed E-state index contributed by atoms with van der Waals surface area (Å²) in [7, 11) is 0. The highest BCUT2D eigenvalue weighted by molar-refractivity contribution is 5.93. The molecule has 0 saturated carbocycles. The van der Waals surface area contributed by atoms with Crippen LogP contribution in [0.25, 0.3) is 10.8 Å². The Bertz CT molecular complexity index is 682. The van der Waals surface area contributed by atoms with Gasteiger partial charge in [0.1, 0.15) is 0 Å². The standard InChI is InChI=1S/C15H16N4/c1-2-19-11-17-9-13(19)10-18-15-5-3-4-12-8-16-7-6-14(12)15/h3-9,11,18H,2,10H2,1H3. The van der Waals surface area contributed by atoms with Crippen LogP contribution in [0, 0.1) is 0 Å². The van der Waals surface area contributed by atoms with E-state index in [1.165, 1.54) is 11.1 Å². The monoisotopic (exact) mass is 252 g/mol. The second-order valence-corrected chi connectivity index (χ2v) is 4.43. The summed E-state index contributed by atoms with van der Waals surface area (Å²) in [6, 6.07) is 8.25. The zero-order valence-corrected chi connectivity index (χ0v) is 10.9. The molecule has 0 aliphatic carbocycles. The maximum absolute atomic E-state index is 4.18. The molecule has 19 heavy (non-hydrogen) atoms. The van der Waals surface area contributed by atoms with E-state index in [1.54, 1.807) is 0 Å². The molecule has 0 bridgehead atoms. The van der Waals surface area contributed by atoms with E-state index in [4.69, 9.17) is 0 Å². The quantitative estimate of drug-likeness (QED) is 0.776. The van der Waals surface area contributed by atoms with Crippen molar-refractivity contribution in [3.05, 3.63) is 54.9 Å². The number of benzene rings is 1. The van der Waals surface area contributed by atoms with Gasteiger partial charge in [-0.2, -0.15) is 0 Å². The Balaban J connectivity index is 1.86. The molecule has 4 nitrogen and oxygen atoms in total. The van der Waals surface area contributed by atoms with E-state index in [1.807, 2.05) is 37.1 Å². The number of nitrogens with one attached hydrogen (secondary N) is 1. The molecule has 0 amide bonds. The number of rotatable bonds is 4. The number of hydrogen-bond acceptors (Lipinski definition) is 3. The number of aryl methyl sites for hydroxylation is 1. The highest BCUT2D eigenvalue weighted by Gasteiger charge is 2.03. The lowest BCUT2D eigenvalue weighted by Gasteiger charge is -2.10. The van der Waals surface area contributed by atoms with E-state index >= 15 is 0 Å². The maximum Gasteiger partial charge on any atom is 0.0948 e. The van der Waals surface area contributed by atoms with Crippen molar-refractivity contribution >= 4 is 16.5 Å². The van der Waals surface area contributed by atoms with E-state index in [0.717, 1.165) is 24.2 Å². The Labute approximate surface area is 112 Å². The molecule has 0 unspecified atom stereocenters. The highest BCUT2D eigenvalue weighted by Crippen LogP contribution is 2.22. The second-order valence-electron chi connectivity index (χ2n) is 4.43. The van der Waals surface area contributed by atoms with Crippen LogP contribution >= 0.6 is 0 Å². The molecule has 0 aliphatic rings. The van der Waals surface area contributed by atoms with Gasteiger partial charge in [-0.1, -0.05) is 12.1 Å². The minimum absolute atomic E-state index is 0.773. The fourth-order valence-electron chi connectivity index (χ4n) is 2.24. The summed E-state index contributed by atoms with van der Waals surface area (Å²) in [4.78, 5) is 8.33. The van der Waals surface area contributed by atoms with Crippen LogP contribution in [0.1, 0.15) is 12.6 Å². The lowest BCUT2D eigenvalue weighted by Crippen LogP contribution is -2.06. The first-order valence-electron chi connectivity index (χ1n) is 6.44. The van der Waals surface area contributed by atoms with Gasteiger partial charge in [0.25, 0.3) is 0 Å². The predicted octanol–water partition coefficient (Wildman–Crippen LogP) is 3.06. The van der Waals surface area contributed by atoms with Gasteiger partial charge < -0.3 is 9.88 Å². The molecule has 0 radical (unpaired) electrons. The van der Waals surface area contributed by atoms with Crippen molar-refractivity contribution in [2.75, 3.05) is 5.32 Å². The largest absolute Gasteiger partial charge is 0.379 e. The van der Waals surface area contributed by atoms with Crippen LogP contribution in [0.4, 0.5) is 5.69 Å². The minimum Gasteiger partial charge on any atom is -0.379 e. The van der Waals surface area contributed by atoms with E-state index in [2.05, 4.69) is 38.9 Å². The van der Waals surface area contributed by atoms with Gasteiger partial charge in [0, 0.05) is 41.6 Å². The van der Waals surface area contributed by atoms with Gasteiger partial charge in [0.15, 0.2) is 0 Å². The van der Waals surface area contributed by atoms with Crippen molar-refractivity contribution in [2.45, 2.75) is 20.0 Å². The third kappa shape index (κ3) is 2.29. The molecule has 96 valence electrons. The minimum atomic E-state index is 0.773. The Kier molecular flexibility index (Phi) is 3.14. The van der Waals surface area contributed by atoms with Crippen LogP contribution < -0.4 is 5.32 Å². The Morgan fingerprint density at radius 1 is 1.16 bits per heavy atom. The normalized spacial score (nSPS) is 10.8. The molecular weight excluding hydrogens is 236 g/mol. The van der Waals surface area contributed by atoms with Gasteiger partial charge in [0.05, 0.1) is 18.6 Å². The summed E-state index contributed by atoms with van der Waals surface area (Å²) in [5.74, 6) is 0. The summed E-state index contributed by atoms with van der Waals surface area (Å²) in [5.41, 5.74) is 2.32. The van der Waals surface area contributed by atoms with Crippen molar-refractivity contribution in [3.8, 4) is 0 Å². The molecule has 3 rings (SSSR count). The third-order valence-electron chi connectivity index (χ3n) is 3.28. The SMILES string of the molecule is CCn1cncc1CNc1cccc2cnccc12. The number of fused-ring (bicyclic) bond motifs is 1. The van der Waals surface area contributed by atoms with Crippen LogP contribution in [-0.4, -0.2) is 14.5 Å². The van der Waals surface area contributed by atoms with Crippen molar-refractivity contribution in [2.24, 2.45) is 0 Å². The zero-order valence-electron chi connectivity index (χ0n) is 10.9. The van der Waals surface area contributed by atoms with Crippen LogP contribution in [0.2, 0.25) is 0 Å². The van der Waals surface area contributed by atoms with Gasteiger partial charge in [-0.05, 0) is 19.1 Å². The van der Waals surface area contributed by atoms with Crippen LogP contribution in [-0.2, 0) is 13.1 Å². The van der Waals surface area contributed by atoms with Gasteiger partial charge in [-0.3, -0.25) is 4.98 Å². The van der Waals surface area contributed by atoms with Crippen molar-refractivity contribution in [3.63, 3.8) is 0 Å². The maximum atomic E-state index is 4.18. The number of pyridine rings is 1. The predicted molar refractivity (Wildman–Crippen MR) is 77.0 cm³/mol. The lowest BCUT2D eigenvalue weighted by molar-refractivity contribution is 0.720. The van der Waals surface area contributed by atoms with Crippen molar-refractivity contribution in [1.29, 1.82) is 0 Å². The number of imidazole rings is 1. The first-order valence-corrected chi connectivity index (χ1v) is 6.44. The van der Waals surface area contributed by atoms with Crippen LogP contribution in [0.15, 0.2) is 49.2 Å². The van der Waals surface area contributed by atoms with E-state index in [9.17, 15) is 0 Å². The summed E-state index contributed by atoms with van der Waals surface area (Å²) in [6.45, 7) is 3.83. The molecule has 0 fully saturated rings. The van der Waals surface area contributed by atoms with Gasteiger partial charge in [-0.25, -0.2) is 4.98 Å². The van der Waals surface area contributed by atoms with E-state index in [0.29, 0.717) is 0 Å². The van der Waals surface area contributed by atoms with Gasteiger partial charge in [-0.15, -0.1) is 0 Å². The van der Waals surface area contributed by atoms with E-state index < -0.39 is 0 Å². The molecule has 0 spiro atoms. The topological polar surface area (TPSA) is 42.7 Å². The molecule has 0 atom stereocenters. The number of hydrogen-bond donors (Lipinski definition) is 1. The fraction of sp³-hybridized carbons (Fsp3) is 0.200. The molecular formula is C15H16N4. The fourth-order valence-corrected chi connectivity index (χ4v) is 2.24. The molecule has 3 aromatic rings. The Morgan fingerprint density at radius 3 is 3.00 bits per heavy atom. The average Bonchev–Trinajstić information content (AvgIpc) is 2.92. The summed E-state index contributed by atoms with van der Waals surface area (Å²) in [6.07, 6.45) is 7.48.